The molecule has 7 nitrogen and oxygen atoms in total. The highest BCUT2D eigenvalue weighted by Crippen LogP contribution is 2.19. The van der Waals surface area contributed by atoms with Crippen LogP contribution in [0.15, 0.2) is 12.3 Å². The van der Waals surface area contributed by atoms with Crippen molar-refractivity contribution in [3.05, 3.63) is 27.9 Å². The van der Waals surface area contributed by atoms with Gasteiger partial charge in [0.25, 0.3) is 0 Å². The minimum absolute atomic E-state index is 0.0241. The zero-order chi connectivity index (χ0) is 10.7. The second kappa shape index (κ2) is 3.69. The number of aromatic nitrogens is 1. The summed E-state index contributed by atoms with van der Waals surface area (Å²) in [4.78, 5) is 24.3. The predicted molar refractivity (Wildman–Crippen MR) is 46.6 cm³/mol. The highest BCUT2D eigenvalue weighted by molar-refractivity contribution is 5.94. The molecule has 0 aromatic carbocycles. The molecule has 0 fully saturated rings. The number of ether oxygens (including phenoxy) is 1. The van der Waals surface area contributed by atoms with Crippen LogP contribution < -0.4 is 5.73 Å². The molecular formula is C7H7N3O4. The zero-order valence-electron chi connectivity index (χ0n) is 7.26. The molecule has 0 aliphatic carbocycles. The Hall–Kier alpha value is -2.18. The number of nitrogen functional groups attached to an aromatic ring is 1. The maximum Gasteiger partial charge on any atom is 0.345 e. The summed E-state index contributed by atoms with van der Waals surface area (Å²) in [5.74, 6) is -0.790. The number of hydrogen-bond donors (Lipinski definition) is 1. The van der Waals surface area contributed by atoms with Gasteiger partial charge >= 0.3 is 11.7 Å². The van der Waals surface area contributed by atoms with Gasteiger partial charge in [-0.15, -0.1) is 0 Å². The van der Waals surface area contributed by atoms with Crippen LogP contribution in [-0.2, 0) is 4.74 Å². The highest BCUT2D eigenvalue weighted by atomic mass is 16.6. The molecule has 0 atom stereocenters. The normalized spacial score (nSPS) is 9.50. The number of carbonyl (C=O) groups excluding carboxylic acids is 1. The molecule has 0 aliphatic rings. The van der Waals surface area contributed by atoms with Gasteiger partial charge in [-0.3, -0.25) is 10.1 Å². The Morgan fingerprint density at radius 3 is 2.86 bits per heavy atom. The van der Waals surface area contributed by atoms with Crippen LogP contribution in [0.1, 0.15) is 10.4 Å². The summed E-state index contributed by atoms with van der Waals surface area (Å²) in [6.07, 6.45) is 0.918. The lowest BCUT2D eigenvalue weighted by Crippen LogP contribution is -2.07. The van der Waals surface area contributed by atoms with Crippen molar-refractivity contribution in [2.24, 2.45) is 0 Å². The SMILES string of the molecule is COC(=O)c1cc(N)ncc1[N+](=O)[O-]. The Balaban J connectivity index is 3.29. The van der Waals surface area contributed by atoms with Crippen LogP contribution in [0.5, 0.6) is 0 Å². The summed E-state index contributed by atoms with van der Waals surface area (Å²) >= 11 is 0. The van der Waals surface area contributed by atoms with Crippen molar-refractivity contribution in [1.29, 1.82) is 0 Å². The van der Waals surface area contributed by atoms with Gasteiger partial charge in [0.1, 0.15) is 17.6 Å². The molecule has 1 heterocycles. The summed E-state index contributed by atoms with van der Waals surface area (Å²) < 4.78 is 4.36. The predicted octanol–water partition coefficient (Wildman–Crippen LogP) is 0.359. The second-order valence-corrected chi connectivity index (χ2v) is 2.38. The fourth-order valence-corrected chi connectivity index (χ4v) is 0.883. The highest BCUT2D eigenvalue weighted by Gasteiger charge is 2.21. The molecule has 0 amide bonds. The minimum Gasteiger partial charge on any atom is -0.465 e. The van der Waals surface area contributed by atoms with Crippen LogP contribution in [0.2, 0.25) is 0 Å². The van der Waals surface area contributed by atoms with Gasteiger partial charge in [0.15, 0.2) is 0 Å². The van der Waals surface area contributed by atoms with Gasteiger partial charge in [0.2, 0.25) is 0 Å². The van der Waals surface area contributed by atoms with E-state index < -0.39 is 16.6 Å². The summed E-state index contributed by atoms with van der Waals surface area (Å²) in [5.41, 5.74) is 4.65. The van der Waals surface area contributed by atoms with Crippen LogP contribution in [0, 0.1) is 10.1 Å². The number of pyridine rings is 1. The fourth-order valence-electron chi connectivity index (χ4n) is 0.883. The maximum absolute atomic E-state index is 11.1. The smallest absolute Gasteiger partial charge is 0.345 e. The first-order chi connectivity index (χ1) is 6.56. The Kier molecular flexibility index (Phi) is 2.61. The van der Waals surface area contributed by atoms with E-state index in [0.29, 0.717) is 0 Å². The molecule has 1 aromatic rings. The van der Waals surface area contributed by atoms with E-state index in [0.717, 1.165) is 19.4 Å². The van der Waals surface area contributed by atoms with E-state index in [1.807, 2.05) is 0 Å². The minimum atomic E-state index is -0.814. The third-order valence-corrected chi connectivity index (χ3v) is 1.51. The van der Waals surface area contributed by atoms with Crippen molar-refractivity contribution in [3.8, 4) is 0 Å². The van der Waals surface area contributed by atoms with Gasteiger partial charge in [-0.2, -0.15) is 0 Å². The Labute approximate surface area is 78.6 Å². The quantitative estimate of drug-likeness (QED) is 0.416. The number of anilines is 1. The van der Waals surface area contributed by atoms with Gasteiger partial charge in [0.05, 0.1) is 12.0 Å². The molecule has 7 heteroatoms. The lowest BCUT2D eigenvalue weighted by atomic mass is 10.2. The van der Waals surface area contributed by atoms with Crippen LogP contribution in [0.4, 0.5) is 11.5 Å². The monoisotopic (exact) mass is 197 g/mol. The van der Waals surface area contributed by atoms with Gasteiger partial charge in [0, 0.05) is 6.07 Å². The first-order valence-electron chi connectivity index (χ1n) is 3.54. The van der Waals surface area contributed by atoms with Crippen molar-refractivity contribution in [1.82, 2.24) is 4.98 Å². The van der Waals surface area contributed by atoms with Gasteiger partial charge in [-0.05, 0) is 0 Å². The topological polar surface area (TPSA) is 108 Å². The van der Waals surface area contributed by atoms with E-state index in [1.54, 1.807) is 0 Å². The molecule has 0 spiro atoms. The van der Waals surface area contributed by atoms with Crippen molar-refractivity contribution in [3.63, 3.8) is 0 Å². The summed E-state index contributed by atoms with van der Waals surface area (Å²) in [6, 6.07) is 1.10. The molecule has 0 unspecified atom stereocenters. The van der Waals surface area contributed by atoms with E-state index in [2.05, 4.69) is 9.72 Å². The average molecular weight is 197 g/mol. The van der Waals surface area contributed by atoms with Gasteiger partial charge in [-0.25, -0.2) is 9.78 Å². The third-order valence-electron chi connectivity index (χ3n) is 1.51. The number of nitrogens with two attached hydrogens (primary N) is 1. The average Bonchev–Trinajstić information content (AvgIpc) is 2.16. The van der Waals surface area contributed by atoms with E-state index in [-0.39, 0.29) is 11.4 Å². The molecule has 2 N–H and O–H groups in total. The lowest BCUT2D eigenvalue weighted by Gasteiger charge is -2.00. The van der Waals surface area contributed by atoms with Crippen LogP contribution in [0.3, 0.4) is 0 Å². The molecule has 0 bridgehead atoms. The van der Waals surface area contributed by atoms with Crippen molar-refractivity contribution < 1.29 is 14.5 Å². The van der Waals surface area contributed by atoms with E-state index >= 15 is 0 Å². The van der Waals surface area contributed by atoms with Gasteiger partial charge in [-0.1, -0.05) is 0 Å². The molecule has 0 saturated carbocycles. The van der Waals surface area contributed by atoms with Crippen molar-refractivity contribution in [2.75, 3.05) is 12.8 Å². The number of nitrogens with zero attached hydrogens (tertiary/aromatic N) is 2. The third kappa shape index (κ3) is 1.76. The van der Waals surface area contributed by atoms with E-state index in [9.17, 15) is 14.9 Å². The Morgan fingerprint density at radius 1 is 1.71 bits per heavy atom. The largest absolute Gasteiger partial charge is 0.465 e. The molecule has 14 heavy (non-hydrogen) atoms. The summed E-state index contributed by atoms with van der Waals surface area (Å²) in [7, 11) is 1.13. The Bertz CT molecular complexity index is 391. The number of rotatable bonds is 2. The van der Waals surface area contributed by atoms with Crippen molar-refractivity contribution in [2.45, 2.75) is 0 Å². The lowest BCUT2D eigenvalue weighted by molar-refractivity contribution is -0.385. The molecular weight excluding hydrogens is 190 g/mol. The van der Waals surface area contributed by atoms with Crippen LogP contribution >= 0.6 is 0 Å². The van der Waals surface area contributed by atoms with Crippen molar-refractivity contribution >= 4 is 17.5 Å². The number of esters is 1. The molecule has 1 aromatic heterocycles. The number of hydrogen-bond acceptors (Lipinski definition) is 6. The standard InChI is InChI=1S/C7H7N3O4/c1-14-7(11)4-2-6(8)9-3-5(4)10(12)13/h2-3H,1H3,(H2,8,9). The number of methoxy groups -OCH3 is 1. The zero-order valence-corrected chi connectivity index (χ0v) is 7.26. The fraction of sp³-hybridized carbons (Fsp3) is 0.143. The Morgan fingerprint density at radius 2 is 2.36 bits per heavy atom. The molecule has 0 aliphatic heterocycles. The maximum atomic E-state index is 11.1. The number of nitro groups is 1. The van der Waals surface area contributed by atoms with E-state index in [1.165, 1.54) is 0 Å². The number of carbonyl (C=O) groups is 1. The summed E-state index contributed by atoms with van der Waals surface area (Å²) in [5, 5.41) is 10.5. The first kappa shape index (κ1) is 9.90. The molecule has 0 saturated heterocycles. The second-order valence-electron chi connectivity index (χ2n) is 2.38. The molecule has 1 rings (SSSR count). The molecule has 74 valence electrons. The van der Waals surface area contributed by atoms with Gasteiger partial charge < -0.3 is 10.5 Å². The molecule has 0 radical (unpaired) electrons. The van der Waals surface area contributed by atoms with E-state index in [4.69, 9.17) is 5.73 Å². The first-order valence-corrected chi connectivity index (χ1v) is 3.54. The van der Waals surface area contributed by atoms with Crippen LogP contribution in [-0.4, -0.2) is 23.0 Å². The van der Waals surface area contributed by atoms with Crippen LogP contribution in [0.25, 0.3) is 0 Å². The summed E-state index contributed by atoms with van der Waals surface area (Å²) in [6.45, 7) is 0.